The van der Waals surface area contributed by atoms with Crippen LogP contribution < -0.4 is 14.8 Å². The van der Waals surface area contributed by atoms with Crippen molar-refractivity contribution in [2.45, 2.75) is 19.3 Å². The number of ether oxygens (including phenoxy) is 2. The van der Waals surface area contributed by atoms with Gasteiger partial charge in [-0.15, -0.1) is 0 Å². The Morgan fingerprint density at radius 2 is 1.94 bits per heavy atom. The zero-order valence-electron chi connectivity index (χ0n) is 18.1. The number of amides is 1. The zero-order chi connectivity index (χ0) is 22.6. The fourth-order valence-corrected chi connectivity index (χ4v) is 3.96. The van der Waals surface area contributed by atoms with Crippen LogP contribution >= 0.6 is 0 Å². The van der Waals surface area contributed by atoms with E-state index in [0.29, 0.717) is 29.5 Å². The van der Waals surface area contributed by atoms with E-state index < -0.39 is 6.17 Å². The van der Waals surface area contributed by atoms with Crippen molar-refractivity contribution in [3.63, 3.8) is 0 Å². The van der Waals surface area contributed by atoms with E-state index in [4.69, 9.17) is 13.9 Å². The molecule has 7 nitrogen and oxygen atoms in total. The van der Waals surface area contributed by atoms with Gasteiger partial charge in [-0.05, 0) is 48.0 Å². The minimum Gasteiger partial charge on any atom is -0.496 e. The van der Waals surface area contributed by atoms with E-state index in [9.17, 15) is 4.79 Å². The number of pyridine rings is 1. The van der Waals surface area contributed by atoms with Gasteiger partial charge in [0.25, 0.3) is 5.91 Å². The molecule has 0 saturated heterocycles. The molecule has 2 aromatic carbocycles. The highest BCUT2D eigenvalue weighted by atomic mass is 16.5. The van der Waals surface area contributed by atoms with Gasteiger partial charge in [0.05, 0.1) is 25.5 Å². The number of aromatic nitrogens is 1. The fourth-order valence-electron chi connectivity index (χ4n) is 3.96. The maximum Gasteiger partial charge on any atom is 0.258 e. The third kappa shape index (κ3) is 4.25. The monoisotopic (exact) mass is 441 g/mol. The van der Waals surface area contributed by atoms with Crippen LogP contribution in [0.2, 0.25) is 0 Å². The Kier molecular flexibility index (Phi) is 5.68. The van der Waals surface area contributed by atoms with Gasteiger partial charge in [0.1, 0.15) is 24.3 Å². The number of nitrogens with zero attached hydrogens (tertiary/aromatic N) is 2. The number of methoxy groups -OCH3 is 1. The average molecular weight is 441 g/mol. The number of rotatable bonds is 7. The number of carbonyl (C=O) groups excluding carboxylic acids is 1. The van der Waals surface area contributed by atoms with Gasteiger partial charge in [0.15, 0.2) is 0 Å². The van der Waals surface area contributed by atoms with E-state index in [0.717, 1.165) is 16.8 Å². The van der Waals surface area contributed by atoms with Crippen LogP contribution in [-0.4, -0.2) is 22.9 Å². The van der Waals surface area contributed by atoms with Crippen LogP contribution in [0.15, 0.2) is 89.7 Å². The summed E-state index contributed by atoms with van der Waals surface area (Å²) >= 11 is 0. The Labute approximate surface area is 191 Å². The first-order valence-corrected chi connectivity index (χ1v) is 10.6. The molecule has 33 heavy (non-hydrogen) atoms. The van der Waals surface area contributed by atoms with Crippen LogP contribution in [-0.2, 0) is 13.2 Å². The Morgan fingerprint density at radius 1 is 1.06 bits per heavy atom. The molecular formula is C26H23N3O4. The lowest BCUT2D eigenvalue weighted by atomic mass is 10.0. The molecule has 1 unspecified atom stereocenters. The number of hydrogen-bond acceptors (Lipinski definition) is 6. The first-order valence-electron chi connectivity index (χ1n) is 10.6. The van der Waals surface area contributed by atoms with Crippen molar-refractivity contribution in [1.29, 1.82) is 0 Å². The number of furan rings is 1. The molecule has 2 aromatic heterocycles. The van der Waals surface area contributed by atoms with Gasteiger partial charge in [-0.2, -0.15) is 0 Å². The van der Waals surface area contributed by atoms with Crippen LogP contribution in [0.4, 0.5) is 5.69 Å². The van der Waals surface area contributed by atoms with Gasteiger partial charge in [0.2, 0.25) is 5.88 Å². The highest BCUT2D eigenvalue weighted by molar-refractivity contribution is 6.01. The lowest BCUT2D eigenvalue weighted by molar-refractivity contribution is 0.0651. The van der Waals surface area contributed by atoms with Gasteiger partial charge in [0, 0.05) is 23.5 Å². The fraction of sp³-hybridized carbons (Fsp3) is 0.154. The van der Waals surface area contributed by atoms with Crippen LogP contribution in [0.5, 0.6) is 11.6 Å². The zero-order valence-corrected chi connectivity index (χ0v) is 18.1. The maximum absolute atomic E-state index is 13.4. The van der Waals surface area contributed by atoms with Gasteiger partial charge < -0.3 is 24.1 Å². The molecule has 3 heterocycles. The van der Waals surface area contributed by atoms with Gasteiger partial charge in [-0.3, -0.25) is 4.79 Å². The highest BCUT2D eigenvalue weighted by Crippen LogP contribution is 2.36. The summed E-state index contributed by atoms with van der Waals surface area (Å²) in [7, 11) is 1.63. The summed E-state index contributed by atoms with van der Waals surface area (Å²) in [5, 5.41) is 3.51. The predicted molar refractivity (Wildman–Crippen MR) is 123 cm³/mol. The Balaban J connectivity index is 1.49. The van der Waals surface area contributed by atoms with Crippen LogP contribution in [0.1, 0.15) is 33.4 Å². The number of carbonyl (C=O) groups is 1. The van der Waals surface area contributed by atoms with Gasteiger partial charge in [-0.25, -0.2) is 4.98 Å². The second-order valence-electron chi connectivity index (χ2n) is 7.63. The molecule has 1 aliphatic heterocycles. The third-order valence-electron chi connectivity index (χ3n) is 5.56. The van der Waals surface area contributed by atoms with Crippen LogP contribution in [0.3, 0.4) is 0 Å². The van der Waals surface area contributed by atoms with Crippen molar-refractivity contribution in [3.8, 4) is 11.6 Å². The summed E-state index contributed by atoms with van der Waals surface area (Å²) < 4.78 is 16.9. The molecular weight excluding hydrogens is 418 g/mol. The SMILES string of the molecule is COc1ccc(C2Nc3ccccc3C(=O)N2Cc2ccco2)cc1COc1ccccn1. The summed E-state index contributed by atoms with van der Waals surface area (Å²) in [5.41, 5.74) is 3.19. The van der Waals surface area contributed by atoms with E-state index in [2.05, 4.69) is 10.3 Å². The topological polar surface area (TPSA) is 76.8 Å². The molecule has 5 rings (SSSR count). The summed E-state index contributed by atoms with van der Waals surface area (Å²) in [6.45, 7) is 0.618. The number of fused-ring (bicyclic) bond motifs is 1. The first-order chi connectivity index (χ1) is 16.2. The van der Waals surface area contributed by atoms with Crippen LogP contribution in [0, 0.1) is 0 Å². The van der Waals surface area contributed by atoms with Crippen molar-refractivity contribution in [3.05, 3.63) is 108 Å². The molecule has 0 radical (unpaired) electrons. The highest BCUT2D eigenvalue weighted by Gasteiger charge is 2.33. The van der Waals surface area contributed by atoms with Crippen molar-refractivity contribution in [1.82, 2.24) is 9.88 Å². The molecule has 166 valence electrons. The third-order valence-corrected chi connectivity index (χ3v) is 5.56. The molecule has 1 aliphatic rings. The van der Waals surface area contributed by atoms with Crippen LogP contribution in [0.25, 0.3) is 0 Å². The van der Waals surface area contributed by atoms with E-state index in [1.807, 2.05) is 66.7 Å². The minimum atomic E-state index is -0.392. The van der Waals surface area contributed by atoms with Gasteiger partial charge in [-0.1, -0.05) is 24.3 Å². The molecule has 0 spiro atoms. The molecule has 7 heteroatoms. The molecule has 4 aromatic rings. The van der Waals surface area contributed by atoms with Gasteiger partial charge >= 0.3 is 0 Å². The smallest absolute Gasteiger partial charge is 0.258 e. The summed E-state index contributed by atoms with van der Waals surface area (Å²) in [5.74, 6) is 1.88. The Bertz CT molecular complexity index is 1240. The Morgan fingerprint density at radius 3 is 2.73 bits per heavy atom. The van der Waals surface area contributed by atoms with E-state index in [-0.39, 0.29) is 12.5 Å². The molecule has 1 N–H and O–H groups in total. The van der Waals surface area contributed by atoms with Crippen molar-refractivity contribution in [2.24, 2.45) is 0 Å². The molecule has 0 saturated carbocycles. The van der Waals surface area contributed by atoms with Crippen molar-refractivity contribution >= 4 is 11.6 Å². The second-order valence-corrected chi connectivity index (χ2v) is 7.63. The summed E-state index contributed by atoms with van der Waals surface area (Å²) in [4.78, 5) is 19.4. The normalized spacial score (nSPS) is 15.0. The van der Waals surface area contributed by atoms with E-state index >= 15 is 0 Å². The molecule has 1 amide bonds. The first kappa shape index (κ1) is 20.6. The average Bonchev–Trinajstić information content (AvgIpc) is 3.38. The van der Waals surface area contributed by atoms with Crippen molar-refractivity contribution in [2.75, 3.05) is 12.4 Å². The van der Waals surface area contributed by atoms with E-state index in [1.165, 1.54) is 0 Å². The standard InChI is InChI=1S/C26H23N3O4/c1-31-23-12-11-18(15-19(23)17-33-24-10-4-5-13-27-24)25-28-22-9-3-2-8-21(22)26(30)29(25)16-20-7-6-14-32-20/h2-15,25,28H,16-17H2,1H3. The van der Waals surface area contributed by atoms with E-state index in [1.54, 1.807) is 30.5 Å². The minimum absolute atomic E-state index is 0.0622. The quantitative estimate of drug-likeness (QED) is 0.434. The predicted octanol–water partition coefficient (Wildman–Crippen LogP) is 5.03. The summed E-state index contributed by atoms with van der Waals surface area (Å²) in [6.07, 6.45) is 2.91. The molecule has 0 fully saturated rings. The largest absolute Gasteiger partial charge is 0.496 e. The lowest BCUT2D eigenvalue weighted by Gasteiger charge is -2.38. The number of benzene rings is 2. The summed E-state index contributed by atoms with van der Waals surface area (Å²) in [6, 6.07) is 22.6. The molecule has 0 bridgehead atoms. The number of nitrogens with one attached hydrogen (secondary N) is 1. The number of hydrogen-bond donors (Lipinski definition) is 1. The molecule has 1 atom stereocenters. The lowest BCUT2D eigenvalue weighted by Crippen LogP contribution is -2.42. The second kappa shape index (κ2) is 9.08. The number of para-hydroxylation sites is 1. The Hall–Kier alpha value is -4.26. The molecule has 0 aliphatic carbocycles. The maximum atomic E-state index is 13.4. The van der Waals surface area contributed by atoms with Crippen molar-refractivity contribution < 1.29 is 18.7 Å². The number of anilines is 1.